The lowest BCUT2D eigenvalue weighted by Crippen LogP contribution is -2.46. The maximum atomic E-state index is 12.6. The zero-order valence-electron chi connectivity index (χ0n) is 14.6. The Bertz CT molecular complexity index is 510. The second-order valence-electron chi connectivity index (χ2n) is 6.83. The van der Waals surface area contributed by atoms with Crippen LogP contribution in [0.2, 0.25) is 0 Å². The summed E-state index contributed by atoms with van der Waals surface area (Å²) in [6.45, 7) is 4.66. The van der Waals surface area contributed by atoms with Crippen LogP contribution in [0, 0.1) is 5.92 Å². The first-order valence-electron chi connectivity index (χ1n) is 8.67. The molecular weight excluding hydrogens is 286 g/mol. The number of hydrogen-bond donors (Lipinski definition) is 0. The zero-order chi connectivity index (χ0) is 16.7. The molecule has 2 atom stereocenters. The van der Waals surface area contributed by atoms with Gasteiger partial charge in [-0.15, -0.1) is 0 Å². The van der Waals surface area contributed by atoms with Gasteiger partial charge in [-0.3, -0.25) is 9.69 Å². The second-order valence-corrected chi connectivity index (χ2v) is 6.83. The minimum atomic E-state index is -0.175. The van der Waals surface area contributed by atoms with Crippen LogP contribution in [0.1, 0.15) is 45.1 Å². The van der Waals surface area contributed by atoms with Crippen molar-refractivity contribution in [2.45, 2.75) is 58.2 Å². The predicted molar refractivity (Wildman–Crippen MR) is 94.0 cm³/mol. The molecule has 0 saturated heterocycles. The lowest BCUT2D eigenvalue weighted by molar-refractivity contribution is -0.152. The van der Waals surface area contributed by atoms with E-state index in [9.17, 15) is 4.79 Å². The van der Waals surface area contributed by atoms with Crippen molar-refractivity contribution in [1.29, 1.82) is 0 Å². The van der Waals surface area contributed by atoms with E-state index < -0.39 is 0 Å². The van der Waals surface area contributed by atoms with E-state index in [0.29, 0.717) is 18.6 Å². The van der Waals surface area contributed by atoms with E-state index in [0.717, 1.165) is 24.8 Å². The van der Waals surface area contributed by atoms with Crippen LogP contribution in [-0.4, -0.2) is 30.0 Å². The summed E-state index contributed by atoms with van der Waals surface area (Å²) in [6, 6.07) is 10.0. The first kappa shape index (κ1) is 17.7. The van der Waals surface area contributed by atoms with E-state index in [4.69, 9.17) is 4.74 Å². The molecule has 0 spiro atoms. The highest BCUT2D eigenvalue weighted by atomic mass is 16.5. The van der Waals surface area contributed by atoms with Crippen molar-refractivity contribution in [2.24, 2.45) is 5.92 Å². The lowest BCUT2D eigenvalue weighted by atomic mass is 9.97. The first-order valence-corrected chi connectivity index (χ1v) is 8.67. The van der Waals surface area contributed by atoms with Crippen LogP contribution in [0.25, 0.3) is 0 Å². The first-order chi connectivity index (χ1) is 11.1. The summed E-state index contributed by atoms with van der Waals surface area (Å²) in [5.41, 5.74) is 1.03. The van der Waals surface area contributed by atoms with Crippen LogP contribution in [0.5, 0.6) is 0 Å². The molecule has 0 bridgehead atoms. The minimum absolute atomic E-state index is 0.107. The fourth-order valence-corrected chi connectivity index (χ4v) is 3.07. The SMILES string of the molecule is CC(C)C[C@@H](C(=O)OCc1ccccc1)N(C)C1C=CCCC1. The quantitative estimate of drug-likeness (QED) is 0.558. The fraction of sp³-hybridized carbons (Fsp3) is 0.550. The number of ether oxygens (including phenoxy) is 1. The lowest BCUT2D eigenvalue weighted by Gasteiger charge is -2.34. The highest BCUT2D eigenvalue weighted by Crippen LogP contribution is 2.21. The molecule has 1 unspecified atom stereocenters. The molecule has 23 heavy (non-hydrogen) atoms. The van der Waals surface area contributed by atoms with Gasteiger partial charge in [0.1, 0.15) is 12.6 Å². The Kier molecular flexibility index (Phi) is 6.85. The topological polar surface area (TPSA) is 29.5 Å². The van der Waals surface area contributed by atoms with Gasteiger partial charge in [-0.1, -0.05) is 56.3 Å². The van der Waals surface area contributed by atoms with Crippen LogP contribution in [0.15, 0.2) is 42.5 Å². The number of benzene rings is 1. The fourth-order valence-electron chi connectivity index (χ4n) is 3.07. The number of carbonyl (C=O) groups is 1. The molecule has 2 rings (SSSR count). The molecule has 0 N–H and O–H groups in total. The highest BCUT2D eigenvalue weighted by Gasteiger charge is 2.29. The second kappa shape index (κ2) is 8.88. The molecule has 0 aromatic heterocycles. The van der Waals surface area contributed by atoms with E-state index in [1.165, 1.54) is 6.42 Å². The average molecular weight is 315 g/mol. The molecule has 126 valence electrons. The number of likely N-dealkylation sites (N-methyl/N-ethyl adjacent to an activating group) is 1. The third-order valence-corrected chi connectivity index (χ3v) is 4.43. The van der Waals surface area contributed by atoms with Gasteiger partial charge in [0.15, 0.2) is 0 Å². The summed E-state index contributed by atoms with van der Waals surface area (Å²) in [5.74, 6) is 0.350. The van der Waals surface area contributed by atoms with Gasteiger partial charge in [-0.25, -0.2) is 0 Å². The van der Waals surface area contributed by atoms with Gasteiger partial charge in [0.05, 0.1) is 0 Å². The van der Waals surface area contributed by atoms with Gasteiger partial charge < -0.3 is 4.74 Å². The van der Waals surface area contributed by atoms with E-state index in [-0.39, 0.29) is 12.0 Å². The van der Waals surface area contributed by atoms with Gasteiger partial charge in [-0.05, 0) is 44.2 Å². The Morgan fingerprint density at radius 1 is 1.30 bits per heavy atom. The number of rotatable bonds is 7. The zero-order valence-corrected chi connectivity index (χ0v) is 14.6. The van der Waals surface area contributed by atoms with E-state index >= 15 is 0 Å². The van der Waals surface area contributed by atoms with Crippen LogP contribution >= 0.6 is 0 Å². The maximum absolute atomic E-state index is 12.6. The summed E-state index contributed by atoms with van der Waals surface area (Å²) in [7, 11) is 2.05. The molecule has 1 aliphatic carbocycles. The Morgan fingerprint density at radius 3 is 2.65 bits per heavy atom. The normalized spacial score (nSPS) is 19.1. The van der Waals surface area contributed by atoms with Gasteiger partial charge in [0.2, 0.25) is 0 Å². The number of carbonyl (C=O) groups excluding carboxylic acids is 1. The standard InChI is InChI=1S/C20H29NO2/c1-16(2)14-19(21(3)18-12-8-5-9-13-18)20(22)23-15-17-10-6-4-7-11-17/h4,6-8,10-12,16,18-19H,5,9,13-15H2,1-3H3/t18?,19-/m0/s1. The van der Waals surface area contributed by atoms with Crippen molar-refractivity contribution in [3.8, 4) is 0 Å². The van der Waals surface area contributed by atoms with Gasteiger partial charge in [0.25, 0.3) is 0 Å². The molecule has 3 nitrogen and oxygen atoms in total. The summed E-state index contributed by atoms with van der Waals surface area (Å²) in [5, 5.41) is 0. The molecule has 1 aromatic carbocycles. The molecule has 0 saturated carbocycles. The largest absolute Gasteiger partial charge is 0.460 e. The van der Waals surface area contributed by atoms with Gasteiger partial charge in [-0.2, -0.15) is 0 Å². The monoisotopic (exact) mass is 315 g/mol. The Labute approximate surface area is 140 Å². The Hall–Kier alpha value is -1.61. The smallest absolute Gasteiger partial charge is 0.323 e. The average Bonchev–Trinajstić information content (AvgIpc) is 2.58. The van der Waals surface area contributed by atoms with Gasteiger partial charge >= 0.3 is 5.97 Å². The summed E-state index contributed by atoms with van der Waals surface area (Å²) in [4.78, 5) is 14.8. The third kappa shape index (κ3) is 5.51. The Balaban J connectivity index is 1.99. The van der Waals surface area contributed by atoms with Crippen LogP contribution in [-0.2, 0) is 16.1 Å². The van der Waals surface area contributed by atoms with Gasteiger partial charge in [0, 0.05) is 6.04 Å². The molecule has 0 heterocycles. The van der Waals surface area contributed by atoms with E-state index in [1.807, 2.05) is 30.3 Å². The highest BCUT2D eigenvalue weighted by molar-refractivity contribution is 5.75. The summed E-state index contributed by atoms with van der Waals surface area (Å²) in [6.07, 6.45) is 8.76. The molecule has 1 aromatic rings. The summed E-state index contributed by atoms with van der Waals surface area (Å²) >= 11 is 0. The Morgan fingerprint density at radius 2 is 2.04 bits per heavy atom. The molecule has 0 aliphatic heterocycles. The molecule has 0 fully saturated rings. The summed E-state index contributed by atoms with van der Waals surface area (Å²) < 4.78 is 5.60. The molecule has 0 radical (unpaired) electrons. The molecular formula is C20H29NO2. The van der Waals surface area contributed by atoms with Crippen LogP contribution in [0.3, 0.4) is 0 Å². The maximum Gasteiger partial charge on any atom is 0.323 e. The number of hydrogen-bond acceptors (Lipinski definition) is 3. The number of esters is 1. The van der Waals surface area contributed by atoms with Crippen LogP contribution in [0.4, 0.5) is 0 Å². The van der Waals surface area contributed by atoms with Crippen molar-refractivity contribution < 1.29 is 9.53 Å². The van der Waals surface area contributed by atoms with Crippen molar-refractivity contribution in [2.75, 3.05) is 7.05 Å². The minimum Gasteiger partial charge on any atom is -0.460 e. The number of nitrogens with zero attached hydrogens (tertiary/aromatic N) is 1. The van der Waals surface area contributed by atoms with E-state index in [2.05, 4.69) is 37.9 Å². The third-order valence-electron chi connectivity index (χ3n) is 4.43. The van der Waals surface area contributed by atoms with E-state index in [1.54, 1.807) is 0 Å². The van der Waals surface area contributed by atoms with Crippen molar-refractivity contribution in [1.82, 2.24) is 4.90 Å². The van der Waals surface area contributed by atoms with Crippen molar-refractivity contribution in [3.63, 3.8) is 0 Å². The number of allylic oxidation sites excluding steroid dienone is 1. The molecule has 3 heteroatoms. The van der Waals surface area contributed by atoms with Crippen molar-refractivity contribution in [3.05, 3.63) is 48.0 Å². The van der Waals surface area contributed by atoms with Crippen LogP contribution < -0.4 is 0 Å². The predicted octanol–water partition coefficient (Wildman–Crippen LogP) is 4.19. The molecule has 0 amide bonds. The molecule has 1 aliphatic rings. The van der Waals surface area contributed by atoms with Crippen molar-refractivity contribution >= 4 is 5.97 Å².